The van der Waals surface area contributed by atoms with Crippen molar-refractivity contribution in [2.75, 3.05) is 7.11 Å². The van der Waals surface area contributed by atoms with E-state index in [1.54, 1.807) is 24.6 Å². The first-order chi connectivity index (χ1) is 17.1. The minimum absolute atomic E-state index is 0.140. The van der Waals surface area contributed by atoms with Crippen LogP contribution in [0.2, 0.25) is 0 Å². The number of rotatable bonds is 3. The van der Waals surface area contributed by atoms with Gasteiger partial charge in [-0.15, -0.1) is 0 Å². The Kier molecular flexibility index (Phi) is 7.61. The lowest BCUT2D eigenvalue weighted by Gasteiger charge is -2.13. The lowest BCUT2D eigenvalue weighted by atomic mass is 10.2. The molecule has 0 aliphatic carbocycles. The number of aromatic hydroxyl groups is 1. The van der Waals surface area contributed by atoms with E-state index in [-0.39, 0.29) is 11.4 Å². The van der Waals surface area contributed by atoms with Crippen molar-refractivity contribution < 1.29 is 36.2 Å². The van der Waals surface area contributed by atoms with Gasteiger partial charge < -0.3 is 9.84 Å². The van der Waals surface area contributed by atoms with Gasteiger partial charge in [-0.25, -0.2) is 9.36 Å². The maximum Gasteiger partial charge on any atom is 0.416 e. The Bertz CT molecular complexity index is 1400. The van der Waals surface area contributed by atoms with Crippen LogP contribution in [0.4, 0.5) is 26.3 Å². The number of alkyl halides is 6. The van der Waals surface area contributed by atoms with Crippen LogP contribution in [0, 0.1) is 27.7 Å². The van der Waals surface area contributed by atoms with Gasteiger partial charge in [0.2, 0.25) is 0 Å². The average molecular weight is 526 g/mol. The molecular formula is C25H24F6N4O2. The first-order valence-electron chi connectivity index (χ1n) is 10.8. The summed E-state index contributed by atoms with van der Waals surface area (Å²) in [7, 11) is 1.34. The van der Waals surface area contributed by atoms with E-state index in [1.807, 2.05) is 19.9 Å². The second kappa shape index (κ2) is 10.2. The van der Waals surface area contributed by atoms with Crippen molar-refractivity contribution in [3.8, 4) is 22.9 Å². The number of aryl methyl sites for hydroxylation is 4. The van der Waals surface area contributed by atoms with Crippen LogP contribution in [0.5, 0.6) is 11.5 Å². The standard InChI is InChI=1S/C13H13F3N2O.C12H11F3N2O/c1-8-6-9(2)18(17-8)11-5-4-10(13(14,15)16)7-12(11)19-3;1-7-5-8(2)17(16-7)10-4-3-9(6-11(10)18)12(13,14)15/h4-7H,1-3H3;3-6,18H,1-2H3. The molecule has 2 aromatic heterocycles. The monoisotopic (exact) mass is 526 g/mol. The van der Waals surface area contributed by atoms with E-state index >= 15 is 0 Å². The van der Waals surface area contributed by atoms with Crippen LogP contribution in [-0.4, -0.2) is 31.8 Å². The second-order valence-corrected chi connectivity index (χ2v) is 8.26. The number of hydrogen-bond acceptors (Lipinski definition) is 4. The lowest BCUT2D eigenvalue weighted by Crippen LogP contribution is -2.08. The number of methoxy groups -OCH3 is 1. The summed E-state index contributed by atoms with van der Waals surface area (Å²) in [5.74, 6) is -0.308. The van der Waals surface area contributed by atoms with Gasteiger partial charge in [-0.2, -0.15) is 36.5 Å². The Morgan fingerprint density at radius 1 is 0.676 bits per heavy atom. The molecule has 4 rings (SSSR count). The zero-order valence-electron chi connectivity index (χ0n) is 20.5. The number of nitrogens with zero attached hydrogens (tertiary/aromatic N) is 4. The molecule has 0 aliphatic heterocycles. The summed E-state index contributed by atoms with van der Waals surface area (Å²) in [6, 6.07) is 9.81. The van der Waals surface area contributed by atoms with Crippen LogP contribution in [0.25, 0.3) is 11.4 Å². The van der Waals surface area contributed by atoms with Crippen LogP contribution in [0.15, 0.2) is 48.5 Å². The lowest BCUT2D eigenvalue weighted by molar-refractivity contribution is -0.138. The summed E-state index contributed by atoms with van der Waals surface area (Å²) < 4.78 is 83.3. The maximum atomic E-state index is 12.6. The molecule has 6 nitrogen and oxygen atoms in total. The average Bonchev–Trinajstić information content (AvgIpc) is 3.31. The van der Waals surface area contributed by atoms with Crippen LogP contribution in [-0.2, 0) is 12.4 Å². The van der Waals surface area contributed by atoms with Gasteiger partial charge in [0.1, 0.15) is 22.9 Å². The summed E-state index contributed by atoms with van der Waals surface area (Å²) in [6.07, 6.45) is -8.86. The maximum absolute atomic E-state index is 12.6. The molecule has 0 amide bonds. The molecule has 0 unspecified atom stereocenters. The number of ether oxygens (including phenoxy) is 1. The Balaban J connectivity index is 0.000000206. The van der Waals surface area contributed by atoms with Crippen molar-refractivity contribution >= 4 is 0 Å². The van der Waals surface area contributed by atoms with Crippen molar-refractivity contribution in [2.45, 2.75) is 40.0 Å². The first kappa shape index (κ1) is 27.6. The number of halogens is 6. The molecule has 0 atom stereocenters. The molecule has 12 heteroatoms. The highest BCUT2D eigenvalue weighted by Gasteiger charge is 2.32. The number of phenols is 1. The molecule has 198 valence electrons. The number of phenolic OH excluding ortho intramolecular Hbond substituents is 1. The van der Waals surface area contributed by atoms with Crippen molar-refractivity contribution in [1.82, 2.24) is 19.6 Å². The van der Waals surface area contributed by atoms with Crippen molar-refractivity contribution in [1.29, 1.82) is 0 Å². The van der Waals surface area contributed by atoms with Gasteiger partial charge in [-0.3, -0.25) is 0 Å². The van der Waals surface area contributed by atoms with Crippen LogP contribution >= 0.6 is 0 Å². The summed E-state index contributed by atoms with van der Waals surface area (Å²) in [6.45, 7) is 7.18. The third-order valence-electron chi connectivity index (χ3n) is 5.29. The fourth-order valence-corrected chi connectivity index (χ4v) is 3.65. The Labute approximate surface area is 208 Å². The van der Waals surface area contributed by atoms with Gasteiger partial charge >= 0.3 is 12.4 Å². The van der Waals surface area contributed by atoms with E-state index < -0.39 is 29.2 Å². The predicted octanol–water partition coefficient (Wildman–Crippen LogP) is 6.73. The summed E-state index contributed by atoms with van der Waals surface area (Å²) in [5, 5.41) is 18.0. The molecule has 0 bridgehead atoms. The van der Waals surface area contributed by atoms with Crippen molar-refractivity contribution in [3.05, 3.63) is 82.4 Å². The second-order valence-electron chi connectivity index (χ2n) is 8.26. The third kappa shape index (κ3) is 6.25. The molecule has 2 heterocycles. The molecule has 1 N–H and O–H groups in total. The van der Waals surface area contributed by atoms with Gasteiger partial charge in [0, 0.05) is 11.4 Å². The molecule has 37 heavy (non-hydrogen) atoms. The van der Waals surface area contributed by atoms with E-state index in [0.29, 0.717) is 11.8 Å². The van der Waals surface area contributed by atoms with E-state index in [0.717, 1.165) is 41.0 Å². The minimum Gasteiger partial charge on any atom is -0.506 e. The summed E-state index contributed by atoms with van der Waals surface area (Å²) in [5.41, 5.74) is 2.18. The Morgan fingerprint density at radius 3 is 1.49 bits per heavy atom. The zero-order valence-corrected chi connectivity index (χ0v) is 20.5. The number of benzene rings is 2. The van der Waals surface area contributed by atoms with Crippen LogP contribution in [0.1, 0.15) is 33.9 Å². The highest BCUT2D eigenvalue weighted by molar-refractivity contribution is 5.50. The zero-order chi connectivity index (χ0) is 27.7. The predicted molar refractivity (Wildman–Crippen MR) is 124 cm³/mol. The van der Waals surface area contributed by atoms with Gasteiger partial charge in [0.15, 0.2) is 0 Å². The molecule has 0 radical (unpaired) electrons. The molecule has 0 saturated carbocycles. The quantitative estimate of drug-likeness (QED) is 0.301. The molecule has 4 aromatic rings. The van der Waals surface area contributed by atoms with Crippen LogP contribution in [0.3, 0.4) is 0 Å². The number of hydrogen-bond donors (Lipinski definition) is 1. The Hall–Kier alpha value is -3.96. The highest BCUT2D eigenvalue weighted by atomic mass is 19.4. The van der Waals surface area contributed by atoms with Gasteiger partial charge in [0.05, 0.1) is 29.6 Å². The van der Waals surface area contributed by atoms with E-state index in [1.165, 1.54) is 23.9 Å². The fraction of sp³-hybridized carbons (Fsp3) is 0.280. The van der Waals surface area contributed by atoms with Crippen LogP contribution < -0.4 is 4.74 Å². The van der Waals surface area contributed by atoms with E-state index in [9.17, 15) is 31.4 Å². The SMILES string of the molecule is COc1cc(C(F)(F)F)ccc1-n1nc(C)cc1C.Cc1cc(C)n(-c2ccc(C(F)(F)F)cc2O)n1. The number of aromatic nitrogens is 4. The topological polar surface area (TPSA) is 65.1 Å². The molecule has 0 fully saturated rings. The van der Waals surface area contributed by atoms with E-state index in [4.69, 9.17) is 4.74 Å². The largest absolute Gasteiger partial charge is 0.506 e. The van der Waals surface area contributed by atoms with Gasteiger partial charge in [0.25, 0.3) is 0 Å². The normalized spacial score (nSPS) is 11.8. The van der Waals surface area contributed by atoms with Crippen molar-refractivity contribution in [2.24, 2.45) is 0 Å². The minimum atomic E-state index is -4.47. The molecule has 2 aromatic carbocycles. The smallest absolute Gasteiger partial charge is 0.416 e. The Morgan fingerprint density at radius 2 is 1.11 bits per heavy atom. The highest BCUT2D eigenvalue weighted by Crippen LogP contribution is 2.35. The van der Waals surface area contributed by atoms with E-state index in [2.05, 4.69) is 10.2 Å². The molecule has 0 aliphatic rings. The molecule has 0 saturated heterocycles. The third-order valence-corrected chi connectivity index (χ3v) is 5.29. The van der Waals surface area contributed by atoms with Gasteiger partial charge in [-0.1, -0.05) is 0 Å². The molecular weight excluding hydrogens is 502 g/mol. The van der Waals surface area contributed by atoms with Crippen molar-refractivity contribution in [3.63, 3.8) is 0 Å². The first-order valence-corrected chi connectivity index (χ1v) is 10.8. The summed E-state index contributed by atoms with van der Waals surface area (Å²) in [4.78, 5) is 0. The summed E-state index contributed by atoms with van der Waals surface area (Å²) >= 11 is 0. The molecule has 0 spiro atoms. The fourth-order valence-electron chi connectivity index (χ4n) is 3.65. The van der Waals surface area contributed by atoms with Gasteiger partial charge in [-0.05, 0) is 76.2 Å².